The summed E-state index contributed by atoms with van der Waals surface area (Å²) in [6.07, 6.45) is 0. The average Bonchev–Trinajstić information content (AvgIpc) is 1.55. The van der Waals surface area contributed by atoms with E-state index < -0.39 is 0 Å². The summed E-state index contributed by atoms with van der Waals surface area (Å²) in [5.74, 6) is 0. The molecule has 0 aliphatic carbocycles. The van der Waals surface area contributed by atoms with Crippen LogP contribution in [0.3, 0.4) is 0 Å². The molecule has 9 aromatic heterocycles. The first-order valence-electron chi connectivity index (χ1n) is 50.3. The van der Waals surface area contributed by atoms with Gasteiger partial charge >= 0.3 is 0 Å². The Labute approximate surface area is 840 Å². The van der Waals surface area contributed by atoms with Crippen LogP contribution in [0.25, 0.3) is 296 Å². The second kappa shape index (κ2) is 32.4. The Morgan fingerprint density at radius 3 is 0.878 bits per heavy atom. The van der Waals surface area contributed by atoms with Crippen molar-refractivity contribution in [3.05, 3.63) is 510 Å². The molecule has 33 rings (SSSR count). The maximum Gasteiger partial charge on any atom is 0.143 e. The van der Waals surface area contributed by atoms with Gasteiger partial charge in [-0.1, -0.05) is 358 Å². The topological polar surface area (TPSA) is 69.0 Å². The molecule has 0 radical (unpaired) electrons. The van der Waals surface area contributed by atoms with Gasteiger partial charge in [-0.05, 0) is 190 Å². The largest absolute Gasteiger partial charge is 0.455 e. The van der Waals surface area contributed by atoms with Crippen LogP contribution in [0.5, 0.6) is 0 Å². The summed E-state index contributed by atoms with van der Waals surface area (Å²) in [6.45, 7) is 0. The van der Waals surface area contributed by atoms with Gasteiger partial charge in [-0.3, -0.25) is 0 Å². The van der Waals surface area contributed by atoms with Crippen molar-refractivity contribution >= 4 is 229 Å². The summed E-state index contributed by atoms with van der Waals surface area (Å²) in [5, 5.41) is 29.2. The Bertz CT molecular complexity index is 11300. The summed E-state index contributed by atoms with van der Waals surface area (Å²) < 4.78 is 33.8. The molecule has 24 aromatic carbocycles. The molecule has 147 heavy (non-hydrogen) atoms. The third-order valence-corrected chi connectivity index (χ3v) is 30.9. The molecule has 0 fully saturated rings. The predicted molar refractivity (Wildman–Crippen MR) is 616 cm³/mol. The highest BCUT2D eigenvalue weighted by Gasteiger charge is 2.27. The van der Waals surface area contributed by atoms with Crippen molar-refractivity contribution in [2.24, 2.45) is 0 Å². The van der Waals surface area contributed by atoms with Crippen LogP contribution in [0.15, 0.2) is 523 Å². The Balaban J connectivity index is 0.0000000999. The van der Waals surface area contributed by atoms with E-state index >= 15 is 0 Å². The van der Waals surface area contributed by atoms with Crippen molar-refractivity contribution in [1.82, 2.24) is 27.4 Å². The van der Waals surface area contributed by atoms with Gasteiger partial charge in [-0.25, -0.2) is 0 Å². The molecular formula is C138H84N6O3. The number of nitrogens with zero attached hydrogens (tertiary/aromatic N) is 6. The van der Waals surface area contributed by atoms with Crippen LogP contribution >= 0.6 is 0 Å². The monoisotopic (exact) mass is 1870 g/mol. The Hall–Kier alpha value is -19.7. The number of fused-ring (bicyclic) bond motifs is 31. The van der Waals surface area contributed by atoms with Crippen LogP contribution in [-0.4, -0.2) is 27.4 Å². The minimum Gasteiger partial charge on any atom is -0.455 e. The summed E-state index contributed by atoms with van der Waals surface area (Å²) >= 11 is 0. The van der Waals surface area contributed by atoms with E-state index in [1.165, 1.54) is 169 Å². The normalized spacial score (nSPS) is 12.1. The first kappa shape index (κ1) is 82.0. The molecule has 0 saturated heterocycles. The molecular weight excluding hydrogens is 1790 g/mol. The number of aromatic nitrogens is 6. The molecule has 0 N–H and O–H groups in total. The third-order valence-electron chi connectivity index (χ3n) is 30.9. The lowest BCUT2D eigenvalue weighted by atomic mass is 9.95. The van der Waals surface area contributed by atoms with Gasteiger partial charge in [0.25, 0.3) is 0 Å². The second-order valence-corrected chi connectivity index (χ2v) is 38.8. The zero-order valence-corrected chi connectivity index (χ0v) is 79.4. The number of furan rings is 3. The van der Waals surface area contributed by atoms with Crippen molar-refractivity contribution in [3.63, 3.8) is 0 Å². The zero-order valence-electron chi connectivity index (χ0n) is 79.4. The lowest BCUT2D eigenvalue weighted by molar-refractivity contribution is 0.669. The molecule has 0 unspecified atom stereocenters. The first-order chi connectivity index (χ1) is 72.9. The molecule has 33 aromatic rings. The zero-order chi connectivity index (χ0) is 96.2. The van der Waals surface area contributed by atoms with Crippen LogP contribution in [0, 0.1) is 0 Å². The number of hydrogen-bond donors (Lipinski definition) is 0. The van der Waals surface area contributed by atoms with E-state index in [1.54, 1.807) is 0 Å². The summed E-state index contributed by atoms with van der Waals surface area (Å²) in [7, 11) is 0. The third kappa shape index (κ3) is 12.5. The fourth-order valence-corrected chi connectivity index (χ4v) is 24.4. The van der Waals surface area contributed by atoms with E-state index in [0.717, 1.165) is 128 Å². The molecule has 0 bridgehead atoms. The molecule has 9 heteroatoms. The highest BCUT2D eigenvalue weighted by Crippen LogP contribution is 2.50. The molecule has 9 heterocycles. The molecule has 0 aliphatic heterocycles. The number of rotatable bonds is 9. The summed E-state index contributed by atoms with van der Waals surface area (Å²) in [5.41, 5.74) is 33.6. The average molecular weight is 1870 g/mol. The lowest BCUT2D eigenvalue weighted by Gasteiger charge is -2.15. The van der Waals surface area contributed by atoms with Crippen LogP contribution < -0.4 is 0 Å². The molecule has 0 spiro atoms. The van der Waals surface area contributed by atoms with Gasteiger partial charge < -0.3 is 40.7 Å². The number of para-hydroxylation sites is 13. The van der Waals surface area contributed by atoms with Crippen LogP contribution in [0.4, 0.5) is 0 Å². The quantitative estimate of drug-likeness (QED) is 0.145. The molecule has 0 saturated carbocycles. The molecule has 0 atom stereocenters. The van der Waals surface area contributed by atoms with Crippen LogP contribution in [0.1, 0.15) is 0 Å². The summed E-state index contributed by atoms with van der Waals surface area (Å²) in [6, 6.07) is 184. The highest BCUT2D eigenvalue weighted by molar-refractivity contribution is 6.26. The van der Waals surface area contributed by atoms with E-state index in [0.29, 0.717) is 0 Å². The summed E-state index contributed by atoms with van der Waals surface area (Å²) in [4.78, 5) is 0. The van der Waals surface area contributed by atoms with Crippen molar-refractivity contribution in [2.45, 2.75) is 0 Å². The van der Waals surface area contributed by atoms with Gasteiger partial charge in [0.1, 0.15) is 33.5 Å². The fourth-order valence-electron chi connectivity index (χ4n) is 24.4. The Morgan fingerprint density at radius 2 is 0.429 bits per heavy atom. The van der Waals surface area contributed by atoms with E-state index in [1.807, 2.05) is 30.3 Å². The van der Waals surface area contributed by atoms with E-state index in [4.69, 9.17) is 13.3 Å². The smallest absolute Gasteiger partial charge is 0.143 e. The molecule has 0 amide bonds. The van der Waals surface area contributed by atoms with Crippen molar-refractivity contribution in [3.8, 4) is 67.5 Å². The standard InChI is InChI=1S/3C46H28N2O/c1-2-11-31-26-33(25-20-29(31)10-1)48-42-18-7-4-13-36(42)40-27-43-39(28-44(40)48)35-12-3-6-17-41(35)47(43)32-23-21-30(22-24-32)34-15-9-16-38-37-14-5-8-19-45(37)49-46(34)38;1-2-13-29(14-3-1)47-40-22-9-6-17-33(40)38-28-44-39(27-43(38)47)34-18-7-10-23-41(34)48(44)42-26-25-31(30-15-4-5-16-32(30)42)36-20-12-21-37-35-19-8-11-24-45(35)49-46(36)37;1-2-12-31(13-3-1)48-43-27-39-35-15-6-8-19-41(35)47(42(39)28-40(43)37-26-23-29-11-4-5-14-33(29)45(37)48)32-24-21-30(22-25-32)34-17-10-18-38-36-16-7-9-20-44(36)49-46(34)38/h3*1-28H. The predicted octanol–water partition coefficient (Wildman–Crippen LogP) is 37.8. The van der Waals surface area contributed by atoms with E-state index in [2.05, 4.69) is 507 Å². The fraction of sp³-hybridized carbons (Fsp3) is 0. The van der Waals surface area contributed by atoms with Crippen molar-refractivity contribution in [1.29, 1.82) is 0 Å². The van der Waals surface area contributed by atoms with Gasteiger partial charge in [0.15, 0.2) is 0 Å². The molecule has 684 valence electrons. The van der Waals surface area contributed by atoms with Gasteiger partial charge in [0.2, 0.25) is 0 Å². The van der Waals surface area contributed by atoms with Crippen molar-refractivity contribution < 1.29 is 13.3 Å². The number of benzene rings is 24. The van der Waals surface area contributed by atoms with Gasteiger partial charge in [-0.2, -0.15) is 0 Å². The maximum absolute atomic E-state index is 6.51. The van der Waals surface area contributed by atoms with E-state index in [9.17, 15) is 0 Å². The molecule has 9 nitrogen and oxygen atoms in total. The van der Waals surface area contributed by atoms with Crippen LogP contribution in [-0.2, 0) is 0 Å². The minimum absolute atomic E-state index is 0.913. The lowest BCUT2D eigenvalue weighted by Crippen LogP contribution is -1.97. The van der Waals surface area contributed by atoms with Crippen LogP contribution in [0.2, 0.25) is 0 Å². The Morgan fingerprint density at radius 1 is 0.129 bits per heavy atom. The van der Waals surface area contributed by atoms with Crippen molar-refractivity contribution in [2.75, 3.05) is 0 Å². The van der Waals surface area contributed by atoms with E-state index in [-0.39, 0.29) is 0 Å². The first-order valence-corrected chi connectivity index (χ1v) is 50.3. The Kier molecular flexibility index (Phi) is 18.1. The van der Waals surface area contributed by atoms with Gasteiger partial charge in [0, 0.05) is 153 Å². The maximum atomic E-state index is 6.51. The van der Waals surface area contributed by atoms with Gasteiger partial charge in [-0.15, -0.1) is 0 Å². The minimum atomic E-state index is 0.913. The number of hydrogen-bond acceptors (Lipinski definition) is 3. The second-order valence-electron chi connectivity index (χ2n) is 38.8. The molecule has 0 aliphatic rings. The highest BCUT2D eigenvalue weighted by atomic mass is 16.3. The van der Waals surface area contributed by atoms with Gasteiger partial charge in [0.05, 0.1) is 71.9 Å². The SMILES string of the molecule is c1ccc(-n2c3cc4c5ccccc5n(-c5ccc(-c6cccc7c6oc6ccccc67)cc5)c4cc3c3ccc4ccccc4c32)cc1.c1ccc(-n2c3ccccc3c3cc4c(cc32)c2ccccc2n4-c2ccc(-c3cccc4c3oc3ccccc34)c3ccccc23)cc1.c1ccc2cc(-n3c4ccccc4c4cc5c(cc43)c3ccccc3n5-c3ccc(-c4cccc5c4oc4ccccc45)cc3)ccc2c1.